The number of benzene rings is 2. The van der Waals surface area contributed by atoms with E-state index in [1.54, 1.807) is 43.3 Å². The van der Waals surface area contributed by atoms with Crippen LogP contribution < -0.4 is 5.32 Å². The van der Waals surface area contributed by atoms with Crippen LogP contribution in [-0.2, 0) is 16.1 Å². The summed E-state index contributed by atoms with van der Waals surface area (Å²) in [6.07, 6.45) is 0. The van der Waals surface area contributed by atoms with Crippen molar-refractivity contribution >= 4 is 17.8 Å². The van der Waals surface area contributed by atoms with Crippen molar-refractivity contribution in [2.75, 3.05) is 6.54 Å². The summed E-state index contributed by atoms with van der Waals surface area (Å²) in [7, 11) is 0. The molecule has 0 saturated carbocycles. The molecule has 0 fully saturated rings. The van der Waals surface area contributed by atoms with Crippen molar-refractivity contribution in [1.82, 2.24) is 10.2 Å². The van der Waals surface area contributed by atoms with Gasteiger partial charge in [0.05, 0.1) is 12.0 Å². The van der Waals surface area contributed by atoms with E-state index in [1.807, 2.05) is 18.2 Å². The first-order valence-electron chi connectivity index (χ1n) is 8.41. The van der Waals surface area contributed by atoms with Crippen LogP contribution in [0.4, 0.5) is 0 Å². The third-order valence-electron chi connectivity index (χ3n) is 4.60. The highest BCUT2D eigenvalue weighted by molar-refractivity contribution is 6.00. The van der Waals surface area contributed by atoms with E-state index in [4.69, 9.17) is 0 Å². The lowest BCUT2D eigenvalue weighted by molar-refractivity contribution is -0.142. The summed E-state index contributed by atoms with van der Waals surface area (Å²) < 4.78 is 0. The maximum atomic E-state index is 12.5. The van der Waals surface area contributed by atoms with Gasteiger partial charge in [-0.1, -0.05) is 48.5 Å². The van der Waals surface area contributed by atoms with Gasteiger partial charge in [-0.05, 0) is 24.1 Å². The summed E-state index contributed by atoms with van der Waals surface area (Å²) in [5.41, 5.74) is 2.22. The minimum atomic E-state index is -0.996. The van der Waals surface area contributed by atoms with Crippen LogP contribution in [0.5, 0.6) is 0 Å². The van der Waals surface area contributed by atoms with Crippen LogP contribution in [0, 0.1) is 5.92 Å². The molecule has 134 valence electrons. The number of amides is 2. The van der Waals surface area contributed by atoms with Crippen LogP contribution in [-0.4, -0.2) is 34.3 Å². The van der Waals surface area contributed by atoms with Crippen molar-refractivity contribution in [3.63, 3.8) is 0 Å². The predicted octanol–water partition coefficient (Wildman–Crippen LogP) is 2.22. The number of nitrogens with one attached hydrogen (secondary N) is 1. The highest BCUT2D eigenvalue weighted by Gasteiger charge is 2.31. The number of fused-ring (bicyclic) bond motifs is 1. The van der Waals surface area contributed by atoms with Gasteiger partial charge in [-0.3, -0.25) is 14.4 Å². The predicted molar refractivity (Wildman–Crippen MR) is 95.3 cm³/mol. The van der Waals surface area contributed by atoms with Gasteiger partial charge in [-0.25, -0.2) is 0 Å². The molecule has 0 spiro atoms. The first-order chi connectivity index (χ1) is 12.5. The summed E-state index contributed by atoms with van der Waals surface area (Å²) in [4.78, 5) is 37.8. The van der Waals surface area contributed by atoms with Gasteiger partial charge in [-0.15, -0.1) is 0 Å². The molecule has 1 heterocycles. The zero-order valence-electron chi connectivity index (χ0n) is 14.4. The Morgan fingerprint density at radius 2 is 1.77 bits per heavy atom. The summed E-state index contributed by atoms with van der Waals surface area (Å²) in [5, 5.41) is 12.1. The molecule has 0 saturated heterocycles. The number of carbonyl (C=O) groups excluding carboxylic acids is 2. The Bertz CT molecular complexity index is 835. The molecule has 0 aromatic heterocycles. The molecule has 0 aliphatic carbocycles. The monoisotopic (exact) mass is 352 g/mol. The van der Waals surface area contributed by atoms with Crippen LogP contribution in [0.15, 0.2) is 54.6 Å². The SMILES string of the molecule is CC(C(=O)O)C(NC(=O)CN1Cc2ccccc2C1=O)c1ccccc1. The lowest BCUT2D eigenvalue weighted by atomic mass is 9.94. The fourth-order valence-corrected chi connectivity index (χ4v) is 3.13. The van der Waals surface area contributed by atoms with Gasteiger partial charge in [0.25, 0.3) is 5.91 Å². The van der Waals surface area contributed by atoms with Crippen molar-refractivity contribution in [1.29, 1.82) is 0 Å². The number of aliphatic carboxylic acids is 1. The van der Waals surface area contributed by atoms with E-state index in [0.29, 0.717) is 17.7 Å². The van der Waals surface area contributed by atoms with Crippen LogP contribution >= 0.6 is 0 Å². The molecule has 2 atom stereocenters. The van der Waals surface area contributed by atoms with E-state index in [0.717, 1.165) is 5.56 Å². The molecular weight excluding hydrogens is 332 g/mol. The summed E-state index contributed by atoms with van der Waals surface area (Å²) >= 11 is 0. The molecule has 6 nitrogen and oxygen atoms in total. The van der Waals surface area contributed by atoms with E-state index in [1.165, 1.54) is 4.90 Å². The van der Waals surface area contributed by atoms with Crippen LogP contribution in [0.2, 0.25) is 0 Å². The van der Waals surface area contributed by atoms with Gasteiger partial charge < -0.3 is 15.3 Å². The van der Waals surface area contributed by atoms with E-state index < -0.39 is 17.9 Å². The third kappa shape index (κ3) is 3.59. The molecule has 2 N–H and O–H groups in total. The number of carboxylic acid groups (broad SMARTS) is 1. The van der Waals surface area contributed by atoms with Gasteiger partial charge in [0.1, 0.15) is 6.54 Å². The smallest absolute Gasteiger partial charge is 0.308 e. The second kappa shape index (κ2) is 7.39. The molecule has 1 aliphatic heterocycles. The Labute approximate surface area is 151 Å². The zero-order valence-corrected chi connectivity index (χ0v) is 14.4. The van der Waals surface area contributed by atoms with Gasteiger partial charge in [0.2, 0.25) is 5.91 Å². The normalized spacial score (nSPS) is 15.3. The number of rotatable bonds is 6. The molecule has 0 bridgehead atoms. The molecule has 2 aromatic rings. The molecule has 0 radical (unpaired) electrons. The summed E-state index contributed by atoms with van der Waals surface area (Å²) in [6, 6.07) is 15.6. The highest BCUT2D eigenvalue weighted by atomic mass is 16.4. The lowest BCUT2D eigenvalue weighted by Crippen LogP contribution is -2.42. The molecule has 1 aliphatic rings. The molecule has 2 unspecified atom stereocenters. The highest BCUT2D eigenvalue weighted by Crippen LogP contribution is 2.24. The Morgan fingerprint density at radius 3 is 2.42 bits per heavy atom. The van der Waals surface area contributed by atoms with Crippen molar-refractivity contribution < 1.29 is 19.5 Å². The maximum Gasteiger partial charge on any atom is 0.308 e. The second-order valence-corrected chi connectivity index (χ2v) is 6.40. The largest absolute Gasteiger partial charge is 0.481 e. The van der Waals surface area contributed by atoms with Crippen LogP contribution in [0.1, 0.15) is 34.5 Å². The fraction of sp³-hybridized carbons (Fsp3) is 0.250. The topological polar surface area (TPSA) is 86.7 Å². The lowest BCUT2D eigenvalue weighted by Gasteiger charge is -2.24. The second-order valence-electron chi connectivity index (χ2n) is 6.40. The Balaban J connectivity index is 1.71. The number of carbonyl (C=O) groups is 3. The molecule has 2 amide bonds. The van der Waals surface area contributed by atoms with E-state index >= 15 is 0 Å². The van der Waals surface area contributed by atoms with E-state index in [9.17, 15) is 19.5 Å². The first-order valence-corrected chi connectivity index (χ1v) is 8.41. The Morgan fingerprint density at radius 1 is 1.12 bits per heavy atom. The van der Waals surface area contributed by atoms with Crippen molar-refractivity contribution in [3.05, 3.63) is 71.3 Å². The number of hydrogen-bond donors (Lipinski definition) is 2. The first kappa shape index (κ1) is 17.7. The Kier molecular flexibility index (Phi) is 5.02. The molecule has 26 heavy (non-hydrogen) atoms. The van der Waals surface area contributed by atoms with Gasteiger partial charge >= 0.3 is 5.97 Å². The average Bonchev–Trinajstić information content (AvgIpc) is 2.95. The Hall–Kier alpha value is -3.15. The van der Waals surface area contributed by atoms with E-state index in [2.05, 4.69) is 5.32 Å². The van der Waals surface area contributed by atoms with Gasteiger partial charge in [-0.2, -0.15) is 0 Å². The van der Waals surface area contributed by atoms with Crippen LogP contribution in [0.3, 0.4) is 0 Å². The fourth-order valence-electron chi connectivity index (χ4n) is 3.13. The van der Waals surface area contributed by atoms with Gasteiger partial charge in [0.15, 0.2) is 0 Å². The van der Waals surface area contributed by atoms with Crippen molar-refractivity contribution in [2.45, 2.75) is 19.5 Å². The van der Waals surface area contributed by atoms with Crippen LogP contribution in [0.25, 0.3) is 0 Å². The molecule has 2 aromatic carbocycles. The quantitative estimate of drug-likeness (QED) is 0.835. The molecule has 6 heteroatoms. The minimum Gasteiger partial charge on any atom is -0.481 e. The van der Waals surface area contributed by atoms with Gasteiger partial charge in [0, 0.05) is 12.1 Å². The summed E-state index contributed by atoms with van der Waals surface area (Å²) in [5.74, 6) is -2.36. The standard InChI is InChI=1S/C20H20N2O4/c1-13(20(25)26)18(14-7-3-2-4-8-14)21-17(23)12-22-11-15-9-5-6-10-16(15)19(22)24/h2-10,13,18H,11-12H2,1H3,(H,21,23)(H,25,26). The molecule has 3 rings (SSSR count). The third-order valence-corrected chi connectivity index (χ3v) is 4.60. The maximum absolute atomic E-state index is 12.5. The molecular formula is C20H20N2O4. The number of carboxylic acids is 1. The van der Waals surface area contributed by atoms with E-state index in [-0.39, 0.29) is 18.4 Å². The number of nitrogens with zero attached hydrogens (tertiary/aromatic N) is 1. The van der Waals surface area contributed by atoms with Crippen molar-refractivity contribution in [2.24, 2.45) is 5.92 Å². The summed E-state index contributed by atoms with van der Waals surface area (Å²) in [6.45, 7) is 1.83. The van der Waals surface area contributed by atoms with Crippen molar-refractivity contribution in [3.8, 4) is 0 Å². The minimum absolute atomic E-state index is 0.108. The average molecular weight is 352 g/mol. The zero-order chi connectivity index (χ0) is 18.7. The number of hydrogen-bond acceptors (Lipinski definition) is 3.